The zero-order chi connectivity index (χ0) is 14.3. The summed E-state index contributed by atoms with van der Waals surface area (Å²) >= 11 is 0. The van der Waals surface area contributed by atoms with Gasteiger partial charge in [-0.25, -0.2) is 0 Å². The molecular formula is C16H21N3O. The Morgan fingerprint density at radius 3 is 2.45 bits per heavy atom. The highest BCUT2D eigenvalue weighted by atomic mass is 16.5. The fourth-order valence-electron chi connectivity index (χ4n) is 2.43. The lowest BCUT2D eigenvalue weighted by Crippen LogP contribution is -2.35. The second kappa shape index (κ2) is 4.70. The number of aromatic nitrogens is 2. The average molecular weight is 271 g/mol. The van der Waals surface area contributed by atoms with Crippen molar-refractivity contribution in [2.75, 3.05) is 0 Å². The Kier molecular flexibility index (Phi) is 3.13. The van der Waals surface area contributed by atoms with Gasteiger partial charge >= 0.3 is 0 Å². The third kappa shape index (κ3) is 2.36. The molecule has 1 aliphatic carbocycles. The molecule has 0 aliphatic heterocycles. The Balaban J connectivity index is 1.86. The van der Waals surface area contributed by atoms with Crippen molar-refractivity contribution in [3.05, 3.63) is 35.7 Å². The van der Waals surface area contributed by atoms with Gasteiger partial charge in [0, 0.05) is 5.56 Å². The summed E-state index contributed by atoms with van der Waals surface area (Å²) in [6.07, 6.45) is 2.29. The van der Waals surface area contributed by atoms with Crippen molar-refractivity contribution in [1.82, 2.24) is 10.1 Å². The van der Waals surface area contributed by atoms with E-state index in [9.17, 15) is 0 Å². The zero-order valence-electron chi connectivity index (χ0n) is 12.3. The van der Waals surface area contributed by atoms with Gasteiger partial charge in [-0.2, -0.15) is 4.98 Å². The molecule has 1 fully saturated rings. The molecule has 1 heterocycles. The number of hydrogen-bond donors (Lipinski definition) is 1. The van der Waals surface area contributed by atoms with Gasteiger partial charge in [-0.1, -0.05) is 43.3 Å². The van der Waals surface area contributed by atoms with Crippen molar-refractivity contribution in [2.24, 2.45) is 11.7 Å². The molecule has 1 atom stereocenters. The van der Waals surface area contributed by atoms with Crippen LogP contribution >= 0.6 is 0 Å². The molecule has 0 radical (unpaired) electrons. The van der Waals surface area contributed by atoms with E-state index in [1.54, 1.807) is 0 Å². The smallest absolute Gasteiger partial charge is 0.247 e. The summed E-state index contributed by atoms with van der Waals surface area (Å²) in [4.78, 5) is 4.49. The molecule has 0 spiro atoms. The molecule has 3 rings (SSSR count). The minimum atomic E-state index is -0.497. The van der Waals surface area contributed by atoms with Gasteiger partial charge in [0.25, 0.3) is 0 Å². The van der Waals surface area contributed by atoms with Crippen molar-refractivity contribution in [3.63, 3.8) is 0 Å². The van der Waals surface area contributed by atoms with E-state index in [0.29, 0.717) is 23.6 Å². The molecular weight excluding hydrogens is 250 g/mol. The van der Waals surface area contributed by atoms with Gasteiger partial charge in [-0.15, -0.1) is 0 Å². The topological polar surface area (TPSA) is 64.9 Å². The van der Waals surface area contributed by atoms with Crippen LogP contribution in [0.4, 0.5) is 0 Å². The van der Waals surface area contributed by atoms with E-state index < -0.39 is 5.54 Å². The third-order valence-electron chi connectivity index (χ3n) is 4.15. The van der Waals surface area contributed by atoms with Gasteiger partial charge < -0.3 is 10.3 Å². The normalized spacial score (nSPS) is 18.2. The minimum absolute atomic E-state index is 0.471. The lowest BCUT2D eigenvalue weighted by molar-refractivity contribution is 0.273. The molecule has 2 N–H and O–H groups in total. The van der Waals surface area contributed by atoms with Crippen molar-refractivity contribution in [1.29, 1.82) is 0 Å². The van der Waals surface area contributed by atoms with E-state index in [1.165, 1.54) is 5.56 Å². The highest BCUT2D eigenvalue weighted by Crippen LogP contribution is 2.43. The highest BCUT2D eigenvalue weighted by molar-refractivity contribution is 5.55. The van der Waals surface area contributed by atoms with Crippen LogP contribution in [0.2, 0.25) is 0 Å². The maximum atomic E-state index is 6.30. The SMILES string of the molecule is CC(C)c1ccc(-c2noc(C(C)(N)C3CC3)n2)cc1. The standard InChI is InChI=1S/C16H21N3O/c1-10(2)11-4-6-12(7-5-11)14-18-15(20-19-14)16(3,17)13-8-9-13/h4-7,10,13H,8-9,17H2,1-3H3. The molecule has 1 saturated carbocycles. The fraction of sp³-hybridized carbons (Fsp3) is 0.500. The summed E-state index contributed by atoms with van der Waals surface area (Å²) < 4.78 is 5.38. The molecule has 1 aromatic carbocycles. The largest absolute Gasteiger partial charge is 0.337 e. The first-order chi connectivity index (χ1) is 9.48. The second-order valence-corrected chi connectivity index (χ2v) is 6.26. The molecule has 0 bridgehead atoms. The first-order valence-corrected chi connectivity index (χ1v) is 7.22. The van der Waals surface area contributed by atoms with E-state index in [0.717, 1.165) is 18.4 Å². The Morgan fingerprint density at radius 2 is 1.90 bits per heavy atom. The number of nitrogens with two attached hydrogens (primary N) is 1. The van der Waals surface area contributed by atoms with Crippen LogP contribution in [0.3, 0.4) is 0 Å². The molecule has 1 aliphatic rings. The number of benzene rings is 1. The van der Waals surface area contributed by atoms with Crippen LogP contribution in [-0.4, -0.2) is 10.1 Å². The van der Waals surface area contributed by atoms with Gasteiger partial charge in [-0.05, 0) is 37.2 Å². The van der Waals surface area contributed by atoms with E-state index in [2.05, 4.69) is 36.1 Å². The predicted octanol–water partition coefficient (Wildman–Crippen LogP) is 3.44. The first kappa shape index (κ1) is 13.3. The molecule has 2 aromatic rings. The van der Waals surface area contributed by atoms with Crippen LogP contribution in [0, 0.1) is 5.92 Å². The van der Waals surface area contributed by atoms with Crippen LogP contribution in [0.15, 0.2) is 28.8 Å². The van der Waals surface area contributed by atoms with Crippen LogP contribution in [0.25, 0.3) is 11.4 Å². The van der Waals surface area contributed by atoms with Crippen LogP contribution < -0.4 is 5.73 Å². The summed E-state index contributed by atoms with van der Waals surface area (Å²) in [6.45, 7) is 6.33. The molecule has 20 heavy (non-hydrogen) atoms. The van der Waals surface area contributed by atoms with Crippen molar-refractivity contribution >= 4 is 0 Å². The van der Waals surface area contributed by atoms with Crippen LogP contribution in [0.5, 0.6) is 0 Å². The fourth-order valence-corrected chi connectivity index (χ4v) is 2.43. The van der Waals surface area contributed by atoms with Gasteiger partial charge in [0.05, 0.1) is 5.54 Å². The van der Waals surface area contributed by atoms with E-state index >= 15 is 0 Å². The van der Waals surface area contributed by atoms with Gasteiger partial charge in [0.1, 0.15) is 0 Å². The summed E-state index contributed by atoms with van der Waals surface area (Å²) in [7, 11) is 0. The lowest BCUT2D eigenvalue weighted by atomic mass is 9.97. The van der Waals surface area contributed by atoms with E-state index in [-0.39, 0.29) is 0 Å². The number of rotatable bonds is 4. The maximum absolute atomic E-state index is 6.30. The monoisotopic (exact) mass is 271 g/mol. The van der Waals surface area contributed by atoms with Crippen molar-refractivity contribution < 1.29 is 4.52 Å². The highest BCUT2D eigenvalue weighted by Gasteiger charge is 2.43. The molecule has 4 nitrogen and oxygen atoms in total. The average Bonchev–Trinajstić information content (AvgIpc) is 3.17. The molecule has 106 valence electrons. The number of hydrogen-bond acceptors (Lipinski definition) is 4. The maximum Gasteiger partial charge on any atom is 0.247 e. The molecule has 1 unspecified atom stereocenters. The van der Waals surface area contributed by atoms with Crippen molar-refractivity contribution in [2.45, 2.75) is 45.1 Å². The first-order valence-electron chi connectivity index (χ1n) is 7.22. The Bertz CT molecular complexity index is 594. The Morgan fingerprint density at radius 1 is 1.25 bits per heavy atom. The van der Waals surface area contributed by atoms with E-state index in [4.69, 9.17) is 10.3 Å². The summed E-state index contributed by atoms with van der Waals surface area (Å²) in [5, 5.41) is 4.07. The molecule has 0 amide bonds. The summed E-state index contributed by atoms with van der Waals surface area (Å²) in [6, 6.07) is 8.29. The van der Waals surface area contributed by atoms with E-state index in [1.807, 2.05) is 19.1 Å². The van der Waals surface area contributed by atoms with Gasteiger partial charge in [0.15, 0.2) is 0 Å². The lowest BCUT2D eigenvalue weighted by Gasteiger charge is -2.18. The quantitative estimate of drug-likeness (QED) is 0.925. The molecule has 1 aromatic heterocycles. The predicted molar refractivity (Wildman–Crippen MR) is 78.1 cm³/mol. The Labute approximate surface area is 119 Å². The summed E-state index contributed by atoms with van der Waals surface area (Å²) in [5.74, 6) is 2.15. The molecule has 0 saturated heterocycles. The van der Waals surface area contributed by atoms with Crippen LogP contribution in [-0.2, 0) is 5.54 Å². The third-order valence-corrected chi connectivity index (χ3v) is 4.15. The van der Waals surface area contributed by atoms with Crippen LogP contribution in [0.1, 0.15) is 51.0 Å². The van der Waals surface area contributed by atoms with Crippen molar-refractivity contribution in [3.8, 4) is 11.4 Å². The Hall–Kier alpha value is -1.68. The summed E-state index contributed by atoms with van der Waals surface area (Å²) in [5.41, 5.74) is 8.08. The zero-order valence-corrected chi connectivity index (χ0v) is 12.3. The molecule has 4 heteroatoms. The number of nitrogens with zero attached hydrogens (tertiary/aromatic N) is 2. The second-order valence-electron chi connectivity index (χ2n) is 6.26. The van der Waals surface area contributed by atoms with Gasteiger partial charge in [-0.3, -0.25) is 0 Å². The minimum Gasteiger partial charge on any atom is -0.337 e. The van der Waals surface area contributed by atoms with Gasteiger partial charge in [0.2, 0.25) is 11.7 Å².